The van der Waals surface area contributed by atoms with E-state index in [1.165, 1.54) is 24.5 Å². The van der Waals surface area contributed by atoms with Crippen molar-refractivity contribution in [1.29, 1.82) is 0 Å². The van der Waals surface area contributed by atoms with Crippen molar-refractivity contribution in [2.75, 3.05) is 12.0 Å². The summed E-state index contributed by atoms with van der Waals surface area (Å²) >= 11 is 0. The van der Waals surface area contributed by atoms with Gasteiger partial charge in [-0.05, 0) is 25.1 Å². The Labute approximate surface area is 93.1 Å². The number of anilines is 1. The molecule has 0 radical (unpaired) electrons. The number of hydrazine groups is 1. The molecular weight excluding hydrogens is 211 g/mol. The molecule has 1 amide bonds. The van der Waals surface area contributed by atoms with Gasteiger partial charge in [0.15, 0.2) is 0 Å². The van der Waals surface area contributed by atoms with Gasteiger partial charge in [0.25, 0.3) is 5.91 Å². The lowest BCUT2D eigenvalue weighted by Gasteiger charge is -2.05. The fourth-order valence-electron chi connectivity index (χ4n) is 0.948. The van der Waals surface area contributed by atoms with Crippen molar-refractivity contribution < 1.29 is 13.9 Å². The lowest BCUT2D eigenvalue weighted by Crippen LogP contribution is -2.27. The van der Waals surface area contributed by atoms with E-state index in [2.05, 4.69) is 10.9 Å². The Hall–Kier alpha value is -2.04. The smallest absolute Gasteiger partial charge is 0.265 e. The summed E-state index contributed by atoms with van der Waals surface area (Å²) in [6.45, 7) is 2.31. The maximum atomic E-state index is 12.8. The Kier molecular flexibility index (Phi) is 4.85. The van der Waals surface area contributed by atoms with Crippen LogP contribution in [0.25, 0.3) is 0 Å². The van der Waals surface area contributed by atoms with E-state index in [-0.39, 0.29) is 11.7 Å². The molecule has 0 atom stereocenters. The Bertz CT molecular complexity index is 380. The number of hydrogen-bond donors (Lipinski definition) is 2. The van der Waals surface area contributed by atoms with Gasteiger partial charge in [0.2, 0.25) is 0 Å². The summed E-state index contributed by atoms with van der Waals surface area (Å²) < 4.78 is 17.6. The quantitative estimate of drug-likeness (QED) is 0.455. The maximum absolute atomic E-state index is 12.8. The third kappa shape index (κ3) is 4.45. The average Bonchev–Trinajstić information content (AvgIpc) is 2.27. The van der Waals surface area contributed by atoms with Gasteiger partial charge in [-0.3, -0.25) is 15.6 Å². The van der Waals surface area contributed by atoms with E-state index >= 15 is 0 Å². The standard InChI is InChI=1S/C11H13FN2O2/c1-2-16-7-6-11(15)14-13-10-5-3-4-9(12)8-10/h3-8,13H,2H2,1H3,(H,14,15). The van der Waals surface area contributed by atoms with E-state index in [0.29, 0.717) is 12.3 Å². The van der Waals surface area contributed by atoms with Crippen molar-refractivity contribution in [1.82, 2.24) is 5.43 Å². The van der Waals surface area contributed by atoms with Crippen LogP contribution in [0.4, 0.5) is 10.1 Å². The summed E-state index contributed by atoms with van der Waals surface area (Å²) in [4.78, 5) is 11.1. The molecule has 0 unspecified atom stereocenters. The van der Waals surface area contributed by atoms with Crippen molar-refractivity contribution >= 4 is 11.6 Å². The number of amides is 1. The largest absolute Gasteiger partial charge is 0.501 e. The molecule has 0 saturated carbocycles. The van der Waals surface area contributed by atoms with Gasteiger partial charge < -0.3 is 4.74 Å². The normalized spacial score (nSPS) is 10.1. The first kappa shape index (κ1) is 12.0. The fourth-order valence-corrected chi connectivity index (χ4v) is 0.948. The highest BCUT2D eigenvalue weighted by Gasteiger charge is 1.96. The first-order valence-corrected chi connectivity index (χ1v) is 4.82. The SMILES string of the molecule is CCOC=CC(=O)NNc1cccc(F)c1. The Morgan fingerprint density at radius 2 is 2.38 bits per heavy atom. The molecule has 0 fully saturated rings. The van der Waals surface area contributed by atoms with Gasteiger partial charge in [-0.1, -0.05) is 6.07 Å². The molecule has 0 aliphatic carbocycles. The topological polar surface area (TPSA) is 50.4 Å². The highest BCUT2D eigenvalue weighted by atomic mass is 19.1. The van der Waals surface area contributed by atoms with Crippen LogP contribution in [0.15, 0.2) is 36.6 Å². The van der Waals surface area contributed by atoms with Crippen LogP contribution < -0.4 is 10.9 Å². The second kappa shape index (κ2) is 6.44. The first-order chi connectivity index (χ1) is 7.72. The van der Waals surface area contributed by atoms with Crippen LogP contribution in [0, 0.1) is 5.82 Å². The molecule has 0 aliphatic heterocycles. The Morgan fingerprint density at radius 1 is 1.56 bits per heavy atom. The average molecular weight is 224 g/mol. The summed E-state index contributed by atoms with van der Waals surface area (Å²) in [6, 6.07) is 5.77. The molecule has 86 valence electrons. The van der Waals surface area contributed by atoms with Crippen LogP contribution in [0.3, 0.4) is 0 Å². The van der Waals surface area contributed by atoms with Crippen LogP contribution in [-0.4, -0.2) is 12.5 Å². The van der Waals surface area contributed by atoms with Crippen LogP contribution in [0.1, 0.15) is 6.92 Å². The number of rotatable bonds is 5. The first-order valence-electron chi connectivity index (χ1n) is 4.82. The minimum absolute atomic E-state index is 0.371. The zero-order valence-electron chi connectivity index (χ0n) is 8.87. The fraction of sp³-hybridized carbons (Fsp3) is 0.182. The van der Waals surface area contributed by atoms with E-state index < -0.39 is 0 Å². The monoisotopic (exact) mass is 224 g/mol. The van der Waals surface area contributed by atoms with Crippen LogP contribution in [0.2, 0.25) is 0 Å². The van der Waals surface area contributed by atoms with Gasteiger partial charge in [-0.15, -0.1) is 0 Å². The van der Waals surface area contributed by atoms with Gasteiger partial charge in [-0.2, -0.15) is 0 Å². The molecule has 5 heteroatoms. The molecule has 0 heterocycles. The van der Waals surface area contributed by atoms with E-state index in [4.69, 9.17) is 4.74 Å². The van der Waals surface area contributed by atoms with Crippen molar-refractivity contribution in [3.05, 3.63) is 42.4 Å². The van der Waals surface area contributed by atoms with Crippen LogP contribution in [-0.2, 0) is 9.53 Å². The molecule has 2 N–H and O–H groups in total. The number of nitrogens with one attached hydrogen (secondary N) is 2. The summed E-state index contributed by atoms with van der Waals surface area (Å²) in [6.07, 6.45) is 2.53. The number of halogens is 1. The summed E-state index contributed by atoms with van der Waals surface area (Å²) in [5.41, 5.74) is 5.40. The molecule has 4 nitrogen and oxygen atoms in total. The van der Waals surface area contributed by atoms with Gasteiger partial charge in [0, 0.05) is 6.08 Å². The Balaban J connectivity index is 2.37. The third-order valence-corrected chi connectivity index (χ3v) is 1.64. The molecule has 0 bridgehead atoms. The number of carbonyl (C=O) groups is 1. The second-order valence-corrected chi connectivity index (χ2v) is 2.88. The predicted octanol–water partition coefficient (Wildman–Crippen LogP) is 1.82. The zero-order valence-corrected chi connectivity index (χ0v) is 8.87. The third-order valence-electron chi connectivity index (χ3n) is 1.64. The summed E-state index contributed by atoms with van der Waals surface area (Å²) in [5.74, 6) is -0.748. The van der Waals surface area contributed by atoms with Gasteiger partial charge in [-0.25, -0.2) is 4.39 Å². The van der Waals surface area contributed by atoms with Crippen molar-refractivity contribution in [3.63, 3.8) is 0 Å². The highest BCUT2D eigenvalue weighted by molar-refractivity contribution is 5.88. The summed E-state index contributed by atoms with van der Waals surface area (Å²) in [7, 11) is 0. The van der Waals surface area contributed by atoms with Crippen molar-refractivity contribution in [2.45, 2.75) is 6.92 Å². The molecule has 1 aromatic carbocycles. The maximum Gasteiger partial charge on any atom is 0.265 e. The minimum Gasteiger partial charge on any atom is -0.501 e. The van der Waals surface area contributed by atoms with Crippen molar-refractivity contribution in [3.8, 4) is 0 Å². The number of carbonyl (C=O) groups excluding carboxylic acids is 1. The number of hydrogen-bond acceptors (Lipinski definition) is 3. The summed E-state index contributed by atoms with van der Waals surface area (Å²) in [5, 5.41) is 0. The molecule has 0 spiro atoms. The second-order valence-electron chi connectivity index (χ2n) is 2.88. The number of benzene rings is 1. The lowest BCUT2D eigenvalue weighted by molar-refractivity contribution is -0.116. The van der Waals surface area contributed by atoms with E-state index in [1.54, 1.807) is 12.1 Å². The zero-order chi connectivity index (χ0) is 11.8. The van der Waals surface area contributed by atoms with Gasteiger partial charge in [0.05, 0.1) is 18.6 Å². The van der Waals surface area contributed by atoms with Crippen LogP contribution in [0.5, 0.6) is 0 Å². The number of ether oxygens (including phenoxy) is 1. The van der Waals surface area contributed by atoms with E-state index in [1.807, 2.05) is 6.92 Å². The highest BCUT2D eigenvalue weighted by Crippen LogP contribution is 2.07. The molecule has 1 rings (SSSR count). The van der Waals surface area contributed by atoms with E-state index in [0.717, 1.165) is 0 Å². The van der Waals surface area contributed by atoms with E-state index in [9.17, 15) is 9.18 Å². The van der Waals surface area contributed by atoms with Gasteiger partial charge in [0.1, 0.15) is 5.82 Å². The molecule has 1 aromatic rings. The molecular formula is C11H13FN2O2. The minimum atomic E-state index is -0.377. The van der Waals surface area contributed by atoms with Gasteiger partial charge >= 0.3 is 0 Å². The molecule has 16 heavy (non-hydrogen) atoms. The molecule has 0 aromatic heterocycles. The molecule has 0 aliphatic rings. The van der Waals surface area contributed by atoms with Crippen LogP contribution >= 0.6 is 0 Å². The predicted molar refractivity (Wildman–Crippen MR) is 58.9 cm³/mol. The lowest BCUT2D eigenvalue weighted by atomic mass is 10.3. The molecule has 0 saturated heterocycles. The Morgan fingerprint density at radius 3 is 3.06 bits per heavy atom. The van der Waals surface area contributed by atoms with Crippen molar-refractivity contribution in [2.24, 2.45) is 0 Å².